The minimum Gasteiger partial charge on any atom is -0.493 e. The summed E-state index contributed by atoms with van der Waals surface area (Å²) in [6, 6.07) is 6.12. The maximum Gasteiger partial charge on any atom is 0.162 e. The first-order valence-electron chi connectivity index (χ1n) is 5.66. The van der Waals surface area contributed by atoms with Gasteiger partial charge in [0.05, 0.1) is 36.3 Å². The highest BCUT2D eigenvalue weighted by Crippen LogP contribution is 2.30. The van der Waals surface area contributed by atoms with Gasteiger partial charge in [-0.25, -0.2) is 8.42 Å². The van der Waals surface area contributed by atoms with E-state index in [1.54, 1.807) is 12.1 Å². The first-order chi connectivity index (χ1) is 8.95. The zero-order chi connectivity index (χ0) is 14.0. The SMILES string of the molecule is COc1cc(C#N)ccc1OC1CS(=O)(=O)CC1N. The van der Waals surface area contributed by atoms with Crippen molar-refractivity contribution in [3.63, 3.8) is 0 Å². The van der Waals surface area contributed by atoms with Crippen LogP contribution in [0.15, 0.2) is 18.2 Å². The number of hydrogen-bond donors (Lipinski definition) is 1. The number of benzene rings is 1. The molecule has 1 saturated heterocycles. The number of hydrogen-bond acceptors (Lipinski definition) is 6. The van der Waals surface area contributed by atoms with E-state index in [2.05, 4.69) is 0 Å². The van der Waals surface area contributed by atoms with Crippen LogP contribution in [0, 0.1) is 11.3 Å². The summed E-state index contributed by atoms with van der Waals surface area (Å²) in [4.78, 5) is 0. The summed E-state index contributed by atoms with van der Waals surface area (Å²) in [6.07, 6.45) is -0.591. The van der Waals surface area contributed by atoms with E-state index < -0.39 is 22.0 Å². The Labute approximate surface area is 111 Å². The number of ether oxygens (including phenoxy) is 2. The second-order valence-electron chi connectivity index (χ2n) is 4.37. The van der Waals surface area contributed by atoms with Crippen LogP contribution in [0.2, 0.25) is 0 Å². The lowest BCUT2D eigenvalue weighted by Gasteiger charge is -2.18. The number of nitriles is 1. The summed E-state index contributed by atoms with van der Waals surface area (Å²) in [5.74, 6) is 0.600. The topological polar surface area (TPSA) is 102 Å². The smallest absolute Gasteiger partial charge is 0.162 e. The van der Waals surface area contributed by atoms with Crippen molar-refractivity contribution >= 4 is 9.84 Å². The molecule has 1 aromatic rings. The molecule has 6 nitrogen and oxygen atoms in total. The van der Waals surface area contributed by atoms with E-state index in [4.69, 9.17) is 20.5 Å². The molecule has 102 valence electrons. The van der Waals surface area contributed by atoms with E-state index in [9.17, 15) is 8.42 Å². The van der Waals surface area contributed by atoms with Crippen molar-refractivity contribution in [1.82, 2.24) is 0 Å². The third kappa shape index (κ3) is 2.97. The van der Waals surface area contributed by atoms with Gasteiger partial charge >= 0.3 is 0 Å². The summed E-state index contributed by atoms with van der Waals surface area (Å²) >= 11 is 0. The van der Waals surface area contributed by atoms with Crippen LogP contribution in [0.4, 0.5) is 0 Å². The normalized spacial score (nSPS) is 24.7. The van der Waals surface area contributed by atoms with Crippen LogP contribution in [-0.4, -0.2) is 39.2 Å². The molecule has 2 unspecified atom stereocenters. The maximum absolute atomic E-state index is 11.5. The van der Waals surface area contributed by atoms with E-state index in [1.807, 2.05) is 6.07 Å². The second-order valence-corrected chi connectivity index (χ2v) is 6.53. The molecular weight excluding hydrogens is 268 g/mol. The summed E-state index contributed by atoms with van der Waals surface area (Å²) in [6.45, 7) is 0. The molecule has 0 spiro atoms. The lowest BCUT2D eigenvalue weighted by atomic mass is 10.2. The molecule has 1 aliphatic heterocycles. The van der Waals surface area contributed by atoms with Gasteiger partial charge in [-0.2, -0.15) is 5.26 Å². The van der Waals surface area contributed by atoms with Crippen molar-refractivity contribution in [2.45, 2.75) is 12.1 Å². The van der Waals surface area contributed by atoms with Crippen LogP contribution in [0.25, 0.3) is 0 Å². The fourth-order valence-corrected chi connectivity index (χ4v) is 3.71. The van der Waals surface area contributed by atoms with E-state index in [1.165, 1.54) is 13.2 Å². The molecule has 7 heteroatoms. The first-order valence-corrected chi connectivity index (χ1v) is 7.48. The molecule has 0 aliphatic carbocycles. The molecule has 1 heterocycles. The van der Waals surface area contributed by atoms with Crippen LogP contribution in [0.5, 0.6) is 11.5 Å². The molecule has 19 heavy (non-hydrogen) atoms. The highest BCUT2D eigenvalue weighted by molar-refractivity contribution is 7.91. The zero-order valence-corrected chi connectivity index (χ0v) is 11.2. The van der Waals surface area contributed by atoms with Gasteiger partial charge in [-0.1, -0.05) is 0 Å². The Balaban J connectivity index is 2.23. The van der Waals surface area contributed by atoms with Crippen molar-refractivity contribution in [1.29, 1.82) is 5.26 Å². The molecule has 2 rings (SSSR count). The van der Waals surface area contributed by atoms with E-state index in [0.29, 0.717) is 17.1 Å². The molecule has 1 fully saturated rings. The fraction of sp³-hybridized carbons (Fsp3) is 0.417. The van der Waals surface area contributed by atoms with Crippen LogP contribution in [0.1, 0.15) is 5.56 Å². The first kappa shape index (κ1) is 13.6. The number of sulfone groups is 1. The Bertz CT molecular complexity index is 621. The van der Waals surface area contributed by atoms with Gasteiger partial charge in [0, 0.05) is 6.07 Å². The highest BCUT2D eigenvalue weighted by atomic mass is 32.2. The lowest BCUT2D eigenvalue weighted by molar-refractivity contribution is 0.200. The Hall–Kier alpha value is -1.78. The average molecular weight is 282 g/mol. The van der Waals surface area contributed by atoms with Gasteiger partial charge in [-0.05, 0) is 12.1 Å². The summed E-state index contributed by atoms with van der Waals surface area (Å²) in [5, 5.41) is 8.80. The van der Waals surface area contributed by atoms with Gasteiger partial charge in [0.1, 0.15) is 6.10 Å². The fourth-order valence-electron chi connectivity index (χ4n) is 1.96. The Morgan fingerprint density at radius 1 is 1.37 bits per heavy atom. The van der Waals surface area contributed by atoms with Crippen molar-refractivity contribution in [2.24, 2.45) is 5.73 Å². The summed E-state index contributed by atoms with van der Waals surface area (Å²) in [5.41, 5.74) is 6.19. The molecule has 0 aromatic heterocycles. The molecular formula is C12H14N2O4S. The van der Waals surface area contributed by atoms with Crippen LogP contribution in [-0.2, 0) is 9.84 Å². The summed E-state index contributed by atoms with van der Waals surface area (Å²) < 4.78 is 33.6. The van der Waals surface area contributed by atoms with Gasteiger partial charge in [-0.3, -0.25) is 0 Å². The Kier molecular flexibility index (Phi) is 3.64. The van der Waals surface area contributed by atoms with Gasteiger partial charge < -0.3 is 15.2 Å². The van der Waals surface area contributed by atoms with Gasteiger partial charge in [0.2, 0.25) is 0 Å². The molecule has 2 atom stereocenters. The molecule has 1 aliphatic rings. The number of methoxy groups -OCH3 is 1. The molecule has 0 amide bonds. The standard InChI is InChI=1S/C12H14N2O4S/c1-17-11-4-8(5-13)2-3-10(11)18-12-7-19(15,16)6-9(12)14/h2-4,9,12H,6-7,14H2,1H3. The molecule has 0 radical (unpaired) electrons. The van der Waals surface area contributed by atoms with Crippen molar-refractivity contribution in [2.75, 3.05) is 18.6 Å². The zero-order valence-electron chi connectivity index (χ0n) is 10.4. The maximum atomic E-state index is 11.5. The monoisotopic (exact) mass is 282 g/mol. The van der Waals surface area contributed by atoms with Crippen LogP contribution in [0.3, 0.4) is 0 Å². The highest BCUT2D eigenvalue weighted by Gasteiger charge is 2.37. The van der Waals surface area contributed by atoms with Crippen molar-refractivity contribution in [3.8, 4) is 17.6 Å². The minimum atomic E-state index is -3.14. The largest absolute Gasteiger partial charge is 0.493 e. The van der Waals surface area contributed by atoms with Gasteiger partial charge in [-0.15, -0.1) is 0 Å². The Morgan fingerprint density at radius 3 is 2.63 bits per heavy atom. The molecule has 0 bridgehead atoms. The van der Waals surface area contributed by atoms with Crippen LogP contribution < -0.4 is 15.2 Å². The Morgan fingerprint density at radius 2 is 2.11 bits per heavy atom. The van der Waals surface area contributed by atoms with Crippen molar-refractivity contribution in [3.05, 3.63) is 23.8 Å². The third-order valence-corrected chi connectivity index (χ3v) is 4.64. The summed E-state index contributed by atoms with van der Waals surface area (Å²) in [7, 11) is -1.69. The predicted octanol–water partition coefficient (Wildman–Crippen LogP) is 0.0700. The quantitative estimate of drug-likeness (QED) is 0.841. The number of nitrogens with two attached hydrogens (primary N) is 1. The van der Waals surface area contributed by atoms with Crippen molar-refractivity contribution < 1.29 is 17.9 Å². The van der Waals surface area contributed by atoms with Crippen LogP contribution >= 0.6 is 0 Å². The molecule has 1 aromatic carbocycles. The van der Waals surface area contributed by atoms with Gasteiger partial charge in [0.15, 0.2) is 21.3 Å². The van der Waals surface area contributed by atoms with E-state index in [-0.39, 0.29) is 11.5 Å². The third-order valence-electron chi connectivity index (χ3n) is 2.91. The molecule has 0 saturated carbocycles. The average Bonchev–Trinajstić information content (AvgIpc) is 2.62. The van der Waals surface area contributed by atoms with Gasteiger partial charge in [0.25, 0.3) is 0 Å². The second kappa shape index (κ2) is 5.07. The predicted molar refractivity (Wildman–Crippen MR) is 68.8 cm³/mol. The number of nitrogens with zero attached hydrogens (tertiary/aromatic N) is 1. The van der Waals surface area contributed by atoms with E-state index >= 15 is 0 Å². The minimum absolute atomic E-state index is 0.0732. The number of rotatable bonds is 3. The lowest BCUT2D eigenvalue weighted by Crippen LogP contribution is -2.37. The van der Waals surface area contributed by atoms with E-state index in [0.717, 1.165) is 0 Å². The molecule has 2 N–H and O–H groups in total.